The van der Waals surface area contributed by atoms with Crippen molar-refractivity contribution in [3.8, 4) is 0 Å². The number of allylic oxidation sites excluding steroid dienone is 3. The number of benzene rings is 1. The molecule has 1 aromatic rings. The zero-order valence-electron chi connectivity index (χ0n) is 16.6. The molecule has 0 saturated heterocycles. The van der Waals surface area contributed by atoms with Gasteiger partial charge < -0.3 is 0 Å². The lowest BCUT2D eigenvalue weighted by atomic mass is 10.1. The van der Waals surface area contributed by atoms with Gasteiger partial charge >= 0.3 is 0 Å². The van der Waals surface area contributed by atoms with E-state index in [1.54, 1.807) is 24.6 Å². The third kappa shape index (κ3) is 5.53. The molecular formula is C21H27N5OS. The largest absolute Gasteiger partial charge is 0.293 e. The van der Waals surface area contributed by atoms with E-state index in [0.29, 0.717) is 16.5 Å². The first-order chi connectivity index (χ1) is 13.4. The van der Waals surface area contributed by atoms with Gasteiger partial charge in [-0.05, 0) is 69.3 Å². The molecule has 0 saturated carbocycles. The minimum atomic E-state index is -2.76. The second kappa shape index (κ2) is 9.85. The van der Waals surface area contributed by atoms with E-state index in [4.69, 9.17) is 0 Å². The van der Waals surface area contributed by atoms with Crippen molar-refractivity contribution < 1.29 is 4.21 Å². The molecular weight excluding hydrogens is 370 g/mol. The summed E-state index contributed by atoms with van der Waals surface area (Å²) in [6.45, 7) is 9.36. The van der Waals surface area contributed by atoms with Gasteiger partial charge in [0.2, 0.25) is 0 Å². The molecule has 1 N–H and O–H groups in total. The summed E-state index contributed by atoms with van der Waals surface area (Å²) in [5.41, 5.74) is 2.23. The number of nitrogens with one attached hydrogen (secondary N) is 1. The summed E-state index contributed by atoms with van der Waals surface area (Å²) in [5.74, 6) is 5.00. The van der Waals surface area contributed by atoms with Crippen LogP contribution >= 0.6 is 0 Å². The summed E-state index contributed by atoms with van der Waals surface area (Å²) in [6, 6.07) is 7.64. The van der Waals surface area contributed by atoms with E-state index in [1.807, 2.05) is 51.1 Å². The van der Waals surface area contributed by atoms with Crippen LogP contribution in [0.2, 0.25) is 0 Å². The van der Waals surface area contributed by atoms with Crippen LogP contribution in [0.15, 0.2) is 80.3 Å². The maximum Gasteiger partial charge on any atom is 0.151 e. The number of hydrogen-bond acceptors (Lipinski definition) is 5. The van der Waals surface area contributed by atoms with Gasteiger partial charge in [0.15, 0.2) is 5.82 Å². The zero-order chi connectivity index (χ0) is 20.6. The quantitative estimate of drug-likeness (QED) is 0.534. The lowest BCUT2D eigenvalue weighted by Gasteiger charge is -2.26. The predicted molar refractivity (Wildman–Crippen MR) is 121 cm³/mol. The maximum atomic E-state index is 13.2. The third-order valence-electron chi connectivity index (χ3n) is 4.08. The summed E-state index contributed by atoms with van der Waals surface area (Å²) >= 11 is 0. The number of nitrogens with zero attached hydrogens (tertiary/aromatic N) is 4. The number of aliphatic imine (C=N–C) groups is 2. The van der Waals surface area contributed by atoms with Gasteiger partial charge in [-0.2, -0.15) is 10.1 Å². The Morgan fingerprint density at radius 3 is 2.64 bits per heavy atom. The van der Waals surface area contributed by atoms with E-state index in [9.17, 15) is 4.21 Å². The third-order valence-corrected chi connectivity index (χ3v) is 5.65. The highest BCUT2D eigenvalue weighted by atomic mass is 32.2. The lowest BCUT2D eigenvalue weighted by Crippen LogP contribution is -2.33. The Kier molecular flexibility index (Phi) is 7.52. The molecule has 0 bridgehead atoms. The standard InChI is InChI=1S/C21H27N5OS/c1-6-15-23-17(3)8-9-18-10-12-19(13-11-18)28(5,27)25-21-14-16-24-20(7-2)26(21)22-4/h6-7,10-16H,4-5,8-9H2,1-3H3,(H,25,27)/b15-6-,20-7-,23-17?. The summed E-state index contributed by atoms with van der Waals surface area (Å²) in [4.78, 5) is 9.16. The molecule has 0 spiro atoms. The molecule has 28 heavy (non-hydrogen) atoms. The van der Waals surface area contributed by atoms with Crippen molar-refractivity contribution >= 4 is 34.2 Å². The van der Waals surface area contributed by atoms with Crippen molar-refractivity contribution in [3.63, 3.8) is 0 Å². The van der Waals surface area contributed by atoms with Crippen molar-refractivity contribution in [1.29, 1.82) is 0 Å². The summed E-state index contributed by atoms with van der Waals surface area (Å²) < 4.78 is 16.1. The fraction of sp³-hybridized carbons (Fsp3) is 0.238. The molecule has 1 heterocycles. The maximum absolute atomic E-state index is 13.2. The minimum absolute atomic E-state index is 0.512. The number of rotatable bonds is 8. The average Bonchev–Trinajstić information content (AvgIpc) is 2.70. The minimum Gasteiger partial charge on any atom is -0.293 e. The highest BCUT2D eigenvalue weighted by Crippen LogP contribution is 2.19. The first kappa shape index (κ1) is 21.4. The van der Waals surface area contributed by atoms with Crippen molar-refractivity contribution in [2.24, 2.45) is 15.1 Å². The molecule has 0 amide bonds. The fourth-order valence-electron chi connectivity index (χ4n) is 2.55. The smallest absolute Gasteiger partial charge is 0.151 e. The van der Waals surface area contributed by atoms with Crippen molar-refractivity contribution in [2.75, 3.05) is 0 Å². The van der Waals surface area contributed by atoms with Crippen LogP contribution in [-0.2, 0) is 16.1 Å². The molecule has 1 unspecified atom stereocenters. The van der Waals surface area contributed by atoms with Crippen LogP contribution in [-0.4, -0.2) is 33.7 Å². The van der Waals surface area contributed by atoms with Crippen LogP contribution in [0.4, 0.5) is 0 Å². The van der Waals surface area contributed by atoms with E-state index < -0.39 is 9.71 Å². The highest BCUT2D eigenvalue weighted by molar-refractivity contribution is 7.98. The van der Waals surface area contributed by atoms with Gasteiger partial charge in [0.1, 0.15) is 5.82 Å². The van der Waals surface area contributed by atoms with Crippen molar-refractivity contribution in [2.45, 2.75) is 38.5 Å². The summed E-state index contributed by atoms with van der Waals surface area (Å²) in [7, 11) is -2.76. The van der Waals surface area contributed by atoms with Crippen molar-refractivity contribution in [1.82, 2.24) is 9.73 Å². The Hall–Kier alpha value is -2.93. The fourth-order valence-corrected chi connectivity index (χ4v) is 3.74. The first-order valence-corrected chi connectivity index (χ1v) is 10.7. The first-order valence-electron chi connectivity index (χ1n) is 8.97. The molecule has 1 atom stereocenters. The molecule has 0 aliphatic carbocycles. The van der Waals surface area contributed by atoms with Gasteiger partial charge in [-0.3, -0.25) is 9.71 Å². The zero-order valence-corrected chi connectivity index (χ0v) is 17.4. The monoisotopic (exact) mass is 397 g/mol. The Balaban J connectivity index is 2.11. The van der Waals surface area contributed by atoms with Crippen LogP contribution in [0, 0.1) is 0 Å². The van der Waals surface area contributed by atoms with Crippen LogP contribution in [0.1, 0.15) is 32.8 Å². The average molecular weight is 398 g/mol. The van der Waals surface area contributed by atoms with Gasteiger partial charge in [-0.25, -0.2) is 9.20 Å². The van der Waals surface area contributed by atoms with E-state index in [-0.39, 0.29) is 0 Å². The van der Waals surface area contributed by atoms with Gasteiger partial charge in [0, 0.05) is 29.7 Å². The van der Waals surface area contributed by atoms with Gasteiger partial charge in [0.25, 0.3) is 0 Å². The van der Waals surface area contributed by atoms with Crippen LogP contribution in [0.25, 0.3) is 0 Å². The van der Waals surface area contributed by atoms with E-state index >= 15 is 0 Å². The Bertz CT molecular complexity index is 951. The summed E-state index contributed by atoms with van der Waals surface area (Å²) in [5, 5.41) is 5.43. The topological polar surface area (TPSA) is 69.4 Å². The van der Waals surface area contributed by atoms with Gasteiger partial charge in [-0.15, -0.1) is 0 Å². The van der Waals surface area contributed by atoms with E-state index in [0.717, 1.165) is 24.1 Å². The molecule has 7 heteroatoms. The number of hydrazone groups is 1. The number of hydrogen-bond donors (Lipinski definition) is 1. The Labute approximate surface area is 167 Å². The predicted octanol–water partition coefficient (Wildman–Crippen LogP) is 3.90. The second-order valence-corrected chi connectivity index (χ2v) is 8.22. The molecule has 2 rings (SSSR count). The summed E-state index contributed by atoms with van der Waals surface area (Å²) in [6.07, 6.45) is 10.6. The van der Waals surface area contributed by atoms with Crippen LogP contribution < -0.4 is 4.72 Å². The number of aryl methyl sites for hydroxylation is 1. The lowest BCUT2D eigenvalue weighted by molar-refractivity contribution is 0.434. The van der Waals surface area contributed by atoms with E-state index in [2.05, 4.69) is 32.4 Å². The van der Waals surface area contributed by atoms with Crippen LogP contribution in [0.5, 0.6) is 0 Å². The molecule has 1 aliphatic rings. The second-order valence-electron chi connectivity index (χ2n) is 6.20. The molecule has 1 aliphatic heterocycles. The Morgan fingerprint density at radius 2 is 2.04 bits per heavy atom. The molecule has 148 valence electrons. The van der Waals surface area contributed by atoms with Gasteiger partial charge in [-0.1, -0.05) is 18.2 Å². The van der Waals surface area contributed by atoms with E-state index in [1.165, 1.54) is 5.01 Å². The normalized spacial score (nSPS) is 18.2. The molecule has 1 aromatic carbocycles. The highest BCUT2D eigenvalue weighted by Gasteiger charge is 2.18. The Morgan fingerprint density at radius 1 is 1.32 bits per heavy atom. The van der Waals surface area contributed by atoms with Crippen molar-refractivity contribution in [3.05, 3.63) is 65.9 Å². The molecule has 0 aromatic heterocycles. The molecule has 0 fully saturated rings. The molecule has 0 radical (unpaired) electrons. The van der Waals surface area contributed by atoms with Gasteiger partial charge in [0.05, 0.1) is 9.71 Å². The molecule has 6 nitrogen and oxygen atoms in total. The SMILES string of the molecule is C=NN1C(NS(=C)(=O)c2ccc(CCC(C)=N/C=C\C)cc2)=CC=N/C1=C/C. The van der Waals surface area contributed by atoms with Crippen LogP contribution in [0.3, 0.4) is 0 Å².